The SMILES string of the molecule is COC1CCN(C(=O)c2ccc(C(F)(F)F)c(C3CN(c4cc(N)nc(N)n4)CCN3)c2)CC1. The molecule has 2 aliphatic rings. The van der Waals surface area contributed by atoms with Crippen LogP contribution in [0.1, 0.15) is 40.4 Å². The van der Waals surface area contributed by atoms with Crippen molar-refractivity contribution in [1.29, 1.82) is 0 Å². The highest BCUT2D eigenvalue weighted by Gasteiger charge is 2.37. The van der Waals surface area contributed by atoms with Gasteiger partial charge < -0.3 is 31.3 Å². The van der Waals surface area contributed by atoms with E-state index < -0.39 is 17.8 Å². The molecular formula is C22H28F3N7O2. The lowest BCUT2D eigenvalue weighted by molar-refractivity contribution is -0.138. The lowest BCUT2D eigenvalue weighted by Crippen LogP contribution is -2.47. The Labute approximate surface area is 195 Å². The minimum Gasteiger partial charge on any atom is -0.383 e. The first-order chi connectivity index (χ1) is 16.2. The largest absolute Gasteiger partial charge is 0.416 e. The summed E-state index contributed by atoms with van der Waals surface area (Å²) in [6.45, 7) is 2.10. The molecule has 1 amide bonds. The lowest BCUT2D eigenvalue weighted by Gasteiger charge is -2.36. The van der Waals surface area contributed by atoms with E-state index in [1.165, 1.54) is 18.2 Å². The number of hydrogen-bond donors (Lipinski definition) is 3. The number of aromatic nitrogens is 2. The van der Waals surface area contributed by atoms with Crippen LogP contribution in [0.25, 0.3) is 0 Å². The number of methoxy groups -OCH3 is 1. The molecule has 0 spiro atoms. The molecule has 0 bridgehead atoms. The number of hydrogen-bond acceptors (Lipinski definition) is 8. The van der Waals surface area contributed by atoms with Gasteiger partial charge in [0.25, 0.3) is 5.91 Å². The van der Waals surface area contributed by atoms with Gasteiger partial charge in [-0.2, -0.15) is 23.1 Å². The quantitative estimate of drug-likeness (QED) is 0.609. The van der Waals surface area contributed by atoms with Gasteiger partial charge in [-0.05, 0) is 36.6 Å². The number of carbonyl (C=O) groups is 1. The van der Waals surface area contributed by atoms with Gasteiger partial charge in [-0.3, -0.25) is 4.79 Å². The Hall–Kier alpha value is -3.12. The molecule has 0 radical (unpaired) electrons. The number of alkyl halides is 3. The maximum absolute atomic E-state index is 13.9. The van der Waals surface area contributed by atoms with Crippen LogP contribution in [0, 0.1) is 0 Å². The fourth-order valence-electron chi connectivity index (χ4n) is 4.52. The van der Waals surface area contributed by atoms with Crippen LogP contribution in [-0.4, -0.2) is 66.7 Å². The van der Waals surface area contributed by atoms with Gasteiger partial charge in [0, 0.05) is 51.5 Å². The van der Waals surface area contributed by atoms with Crippen LogP contribution in [0.2, 0.25) is 0 Å². The van der Waals surface area contributed by atoms with Gasteiger partial charge in [-0.25, -0.2) is 0 Å². The van der Waals surface area contributed by atoms with Gasteiger partial charge >= 0.3 is 6.18 Å². The normalized spacial score (nSPS) is 19.9. The van der Waals surface area contributed by atoms with Gasteiger partial charge in [0.1, 0.15) is 11.6 Å². The molecule has 1 unspecified atom stereocenters. The molecule has 1 atom stereocenters. The van der Waals surface area contributed by atoms with Crippen molar-refractivity contribution < 1.29 is 22.7 Å². The number of halogens is 3. The first-order valence-electron chi connectivity index (χ1n) is 11.1. The Bertz CT molecular complexity index is 1020. The van der Waals surface area contributed by atoms with E-state index in [-0.39, 0.29) is 41.4 Å². The predicted octanol–water partition coefficient (Wildman–Crippen LogP) is 2.06. The van der Waals surface area contributed by atoms with E-state index in [1.54, 1.807) is 16.9 Å². The highest BCUT2D eigenvalue weighted by molar-refractivity contribution is 5.94. The van der Waals surface area contributed by atoms with Gasteiger partial charge in [-0.15, -0.1) is 0 Å². The maximum Gasteiger partial charge on any atom is 0.416 e. The second-order valence-corrected chi connectivity index (χ2v) is 8.49. The number of amides is 1. The molecule has 184 valence electrons. The Morgan fingerprint density at radius 1 is 1.15 bits per heavy atom. The molecule has 9 nitrogen and oxygen atoms in total. The van der Waals surface area contributed by atoms with Crippen LogP contribution in [0.4, 0.5) is 30.8 Å². The van der Waals surface area contributed by atoms with Crippen LogP contribution in [0.15, 0.2) is 24.3 Å². The number of nitrogens with zero attached hydrogens (tertiary/aromatic N) is 4. The topological polar surface area (TPSA) is 123 Å². The Balaban J connectivity index is 1.62. The molecule has 2 fully saturated rings. The van der Waals surface area contributed by atoms with Crippen LogP contribution in [0.5, 0.6) is 0 Å². The number of piperazine rings is 1. The summed E-state index contributed by atoms with van der Waals surface area (Å²) in [5.41, 5.74) is 10.9. The minimum atomic E-state index is -4.57. The molecule has 2 saturated heterocycles. The Kier molecular flexibility index (Phi) is 6.80. The summed E-state index contributed by atoms with van der Waals surface area (Å²) in [5.74, 6) is 0.330. The van der Waals surface area contributed by atoms with Gasteiger partial charge in [0.2, 0.25) is 5.95 Å². The summed E-state index contributed by atoms with van der Waals surface area (Å²) in [6, 6.07) is 4.45. The number of nitrogen functional groups attached to an aromatic ring is 2. The third-order valence-corrected chi connectivity index (χ3v) is 6.29. The number of rotatable bonds is 4. The fourth-order valence-corrected chi connectivity index (χ4v) is 4.52. The molecule has 5 N–H and O–H groups in total. The molecular weight excluding hydrogens is 451 g/mol. The number of nitrogens with two attached hydrogens (primary N) is 2. The molecule has 3 heterocycles. The van der Waals surface area contributed by atoms with Crippen molar-refractivity contribution >= 4 is 23.5 Å². The zero-order chi connectivity index (χ0) is 24.5. The van der Waals surface area contributed by atoms with Crippen molar-refractivity contribution in [2.75, 3.05) is 56.2 Å². The summed E-state index contributed by atoms with van der Waals surface area (Å²) in [7, 11) is 1.63. The van der Waals surface area contributed by atoms with Gasteiger partial charge in [0.05, 0.1) is 17.7 Å². The van der Waals surface area contributed by atoms with E-state index in [4.69, 9.17) is 16.2 Å². The average molecular weight is 480 g/mol. The van der Waals surface area contributed by atoms with Crippen molar-refractivity contribution in [3.05, 3.63) is 41.0 Å². The van der Waals surface area contributed by atoms with E-state index in [1.807, 2.05) is 0 Å². The molecule has 0 aliphatic carbocycles. The Morgan fingerprint density at radius 2 is 1.88 bits per heavy atom. The first kappa shape index (κ1) is 24.0. The van der Waals surface area contributed by atoms with E-state index in [0.29, 0.717) is 44.8 Å². The Morgan fingerprint density at radius 3 is 2.53 bits per heavy atom. The van der Waals surface area contributed by atoms with Crippen molar-refractivity contribution in [2.24, 2.45) is 0 Å². The van der Waals surface area contributed by atoms with Crippen molar-refractivity contribution in [3.63, 3.8) is 0 Å². The number of anilines is 3. The van der Waals surface area contributed by atoms with Crippen LogP contribution >= 0.6 is 0 Å². The molecule has 2 aliphatic heterocycles. The summed E-state index contributed by atoms with van der Waals surface area (Å²) in [4.78, 5) is 24.6. The van der Waals surface area contributed by atoms with Crippen molar-refractivity contribution in [3.8, 4) is 0 Å². The number of likely N-dealkylation sites (tertiary alicyclic amines) is 1. The third kappa shape index (κ3) is 5.17. The number of benzene rings is 1. The zero-order valence-electron chi connectivity index (χ0n) is 18.8. The highest BCUT2D eigenvalue weighted by atomic mass is 19.4. The number of piperidine rings is 1. The predicted molar refractivity (Wildman–Crippen MR) is 121 cm³/mol. The zero-order valence-corrected chi connectivity index (χ0v) is 18.8. The maximum atomic E-state index is 13.9. The average Bonchev–Trinajstić information content (AvgIpc) is 2.82. The molecule has 12 heteroatoms. The van der Waals surface area contributed by atoms with E-state index in [9.17, 15) is 18.0 Å². The van der Waals surface area contributed by atoms with Crippen molar-refractivity contribution in [1.82, 2.24) is 20.2 Å². The number of carbonyl (C=O) groups excluding carboxylic acids is 1. The third-order valence-electron chi connectivity index (χ3n) is 6.29. The van der Waals surface area contributed by atoms with Crippen LogP contribution in [-0.2, 0) is 10.9 Å². The summed E-state index contributed by atoms with van der Waals surface area (Å²) in [5, 5.41) is 3.15. The smallest absolute Gasteiger partial charge is 0.383 e. The summed E-state index contributed by atoms with van der Waals surface area (Å²) in [6.07, 6.45) is -3.09. The second-order valence-electron chi connectivity index (χ2n) is 8.49. The summed E-state index contributed by atoms with van der Waals surface area (Å²) >= 11 is 0. The highest BCUT2D eigenvalue weighted by Crippen LogP contribution is 2.36. The molecule has 0 saturated carbocycles. The van der Waals surface area contributed by atoms with E-state index in [2.05, 4.69) is 15.3 Å². The van der Waals surface area contributed by atoms with Crippen LogP contribution in [0.3, 0.4) is 0 Å². The second kappa shape index (κ2) is 9.63. The molecule has 34 heavy (non-hydrogen) atoms. The van der Waals surface area contributed by atoms with Gasteiger partial charge in [0.15, 0.2) is 0 Å². The standard InChI is InChI=1S/C22H28F3N7O2/c1-34-14-4-7-31(8-5-14)20(33)13-2-3-16(22(23,24)25)15(10-13)17-12-32(9-6-28-17)19-11-18(26)29-21(27)30-19/h2-3,10-11,14,17,28H,4-9,12H2,1H3,(H4,26,27,29,30). The molecule has 1 aromatic carbocycles. The van der Waals surface area contributed by atoms with Crippen LogP contribution < -0.4 is 21.7 Å². The fraction of sp³-hybridized carbons (Fsp3) is 0.500. The molecule has 4 rings (SSSR count). The van der Waals surface area contributed by atoms with E-state index in [0.717, 1.165) is 6.07 Å². The lowest BCUT2D eigenvalue weighted by atomic mass is 9.94. The summed E-state index contributed by atoms with van der Waals surface area (Å²) < 4.78 is 47.0. The number of ether oxygens (including phenoxy) is 1. The minimum absolute atomic E-state index is 0.00843. The molecule has 2 aromatic rings. The molecule has 1 aromatic heterocycles. The monoisotopic (exact) mass is 479 g/mol. The first-order valence-corrected chi connectivity index (χ1v) is 11.1. The van der Waals surface area contributed by atoms with E-state index >= 15 is 0 Å². The van der Waals surface area contributed by atoms with Gasteiger partial charge in [-0.1, -0.05) is 0 Å². The van der Waals surface area contributed by atoms with Crippen molar-refractivity contribution in [2.45, 2.75) is 31.2 Å². The number of nitrogens with one attached hydrogen (secondary N) is 1.